The van der Waals surface area contributed by atoms with Crippen LogP contribution in [0.5, 0.6) is 0 Å². The van der Waals surface area contributed by atoms with E-state index in [9.17, 15) is 4.79 Å². The summed E-state index contributed by atoms with van der Waals surface area (Å²) in [4.78, 5) is 18.7. The minimum absolute atomic E-state index is 0.0972. The molecule has 1 aromatic rings. The molecule has 0 unspecified atom stereocenters. The minimum atomic E-state index is -0.0972. The molecule has 5 heteroatoms. The lowest BCUT2D eigenvalue weighted by atomic mass is 9.93. The second kappa shape index (κ2) is 7.29. The molecule has 1 saturated heterocycles. The van der Waals surface area contributed by atoms with Gasteiger partial charge in [0.1, 0.15) is 6.54 Å². The van der Waals surface area contributed by atoms with Crippen LogP contribution in [-0.4, -0.2) is 42.9 Å². The standard InChI is InChI=1S/C17H26N4O/c1-4-18-16(21-11-10-17(2,3)13-21)19-12-15(22)20-14-8-6-5-7-9-14/h5-9H,4,10-13H2,1-3H3,(H,18,19)(H,20,22). The zero-order valence-electron chi connectivity index (χ0n) is 13.7. The number of hydrogen-bond donors (Lipinski definition) is 2. The summed E-state index contributed by atoms with van der Waals surface area (Å²) in [6.45, 7) is 9.46. The normalized spacial score (nSPS) is 17.4. The SMILES string of the molecule is CCNC(=NCC(=O)Nc1ccccc1)N1CCC(C)(C)C1. The van der Waals surface area contributed by atoms with E-state index in [0.29, 0.717) is 5.41 Å². The van der Waals surface area contributed by atoms with E-state index < -0.39 is 0 Å². The van der Waals surface area contributed by atoms with Gasteiger partial charge < -0.3 is 15.5 Å². The molecule has 0 atom stereocenters. The van der Waals surface area contributed by atoms with Crippen molar-refractivity contribution in [2.24, 2.45) is 10.4 Å². The summed E-state index contributed by atoms with van der Waals surface area (Å²) in [6.07, 6.45) is 1.15. The fourth-order valence-electron chi connectivity index (χ4n) is 2.59. The van der Waals surface area contributed by atoms with Gasteiger partial charge in [0.2, 0.25) is 5.91 Å². The van der Waals surface area contributed by atoms with E-state index in [2.05, 4.69) is 34.4 Å². The van der Waals surface area contributed by atoms with Gasteiger partial charge in [0.15, 0.2) is 5.96 Å². The number of nitrogens with zero attached hydrogens (tertiary/aromatic N) is 2. The first-order valence-corrected chi connectivity index (χ1v) is 7.88. The third-order valence-electron chi connectivity index (χ3n) is 3.74. The molecule has 1 aromatic carbocycles. The molecule has 0 radical (unpaired) electrons. The number of carbonyl (C=O) groups excluding carboxylic acids is 1. The number of carbonyl (C=O) groups is 1. The second-order valence-corrected chi connectivity index (χ2v) is 6.42. The van der Waals surface area contributed by atoms with Gasteiger partial charge >= 0.3 is 0 Å². The Morgan fingerprint density at radius 2 is 2.05 bits per heavy atom. The molecule has 120 valence electrons. The largest absolute Gasteiger partial charge is 0.357 e. The average molecular weight is 302 g/mol. The molecule has 0 spiro atoms. The van der Waals surface area contributed by atoms with Gasteiger partial charge in [-0.25, -0.2) is 4.99 Å². The van der Waals surface area contributed by atoms with Crippen molar-refractivity contribution in [3.63, 3.8) is 0 Å². The van der Waals surface area contributed by atoms with Crippen molar-refractivity contribution >= 4 is 17.6 Å². The summed E-state index contributed by atoms with van der Waals surface area (Å²) in [5.74, 6) is 0.733. The average Bonchev–Trinajstić information content (AvgIpc) is 2.84. The number of benzene rings is 1. The number of guanidine groups is 1. The number of para-hydroxylation sites is 1. The van der Waals surface area contributed by atoms with E-state index in [-0.39, 0.29) is 12.5 Å². The monoisotopic (exact) mass is 302 g/mol. The molecule has 2 rings (SSSR count). The van der Waals surface area contributed by atoms with Crippen LogP contribution in [0, 0.1) is 5.41 Å². The number of aliphatic imine (C=N–C) groups is 1. The number of likely N-dealkylation sites (tertiary alicyclic amines) is 1. The van der Waals surface area contributed by atoms with Gasteiger partial charge in [0.05, 0.1) is 0 Å². The first-order valence-electron chi connectivity index (χ1n) is 7.88. The number of amides is 1. The van der Waals surface area contributed by atoms with Gasteiger partial charge in [-0.1, -0.05) is 32.0 Å². The number of anilines is 1. The lowest BCUT2D eigenvalue weighted by molar-refractivity contribution is -0.114. The molecule has 1 heterocycles. The maximum absolute atomic E-state index is 12.0. The third kappa shape index (κ3) is 4.76. The van der Waals surface area contributed by atoms with Crippen molar-refractivity contribution in [2.45, 2.75) is 27.2 Å². The third-order valence-corrected chi connectivity index (χ3v) is 3.74. The zero-order chi connectivity index (χ0) is 16.0. The molecule has 2 N–H and O–H groups in total. The molecule has 0 aromatic heterocycles. The van der Waals surface area contributed by atoms with Crippen LogP contribution in [0.1, 0.15) is 27.2 Å². The van der Waals surface area contributed by atoms with Gasteiger partial charge in [-0.3, -0.25) is 4.79 Å². The number of nitrogens with one attached hydrogen (secondary N) is 2. The molecule has 0 saturated carbocycles. The second-order valence-electron chi connectivity index (χ2n) is 6.42. The summed E-state index contributed by atoms with van der Waals surface area (Å²) in [7, 11) is 0. The molecule has 1 aliphatic rings. The maximum Gasteiger partial charge on any atom is 0.246 e. The summed E-state index contributed by atoms with van der Waals surface area (Å²) < 4.78 is 0. The Balaban J connectivity index is 1.94. The van der Waals surface area contributed by atoms with Crippen LogP contribution in [-0.2, 0) is 4.79 Å². The Bertz CT molecular complexity index is 525. The topological polar surface area (TPSA) is 56.7 Å². The van der Waals surface area contributed by atoms with Crippen molar-refractivity contribution in [1.82, 2.24) is 10.2 Å². The van der Waals surface area contributed by atoms with Gasteiger partial charge in [-0.2, -0.15) is 0 Å². The van der Waals surface area contributed by atoms with E-state index in [1.54, 1.807) is 0 Å². The Hall–Kier alpha value is -2.04. The molecule has 0 bridgehead atoms. The molecule has 0 aliphatic carbocycles. The Labute approximate surface area is 132 Å². The van der Waals surface area contributed by atoms with E-state index in [1.807, 2.05) is 37.3 Å². The lowest BCUT2D eigenvalue weighted by Gasteiger charge is -2.23. The van der Waals surface area contributed by atoms with Gasteiger partial charge in [0.25, 0.3) is 0 Å². The summed E-state index contributed by atoms with van der Waals surface area (Å²) in [6, 6.07) is 9.46. The van der Waals surface area contributed by atoms with Crippen LogP contribution < -0.4 is 10.6 Å². The van der Waals surface area contributed by atoms with Crippen molar-refractivity contribution < 1.29 is 4.79 Å². The predicted molar refractivity (Wildman–Crippen MR) is 91.0 cm³/mol. The molecule has 5 nitrogen and oxygen atoms in total. The molecular weight excluding hydrogens is 276 g/mol. The Morgan fingerprint density at radius 3 is 2.64 bits per heavy atom. The Morgan fingerprint density at radius 1 is 1.32 bits per heavy atom. The van der Waals surface area contributed by atoms with Crippen molar-refractivity contribution in [3.8, 4) is 0 Å². The van der Waals surface area contributed by atoms with Gasteiger partial charge in [-0.05, 0) is 30.9 Å². The van der Waals surface area contributed by atoms with Gasteiger partial charge in [-0.15, -0.1) is 0 Å². The first kappa shape index (κ1) is 16.3. The molecule has 1 amide bonds. The van der Waals surface area contributed by atoms with E-state index in [1.165, 1.54) is 0 Å². The highest BCUT2D eigenvalue weighted by Gasteiger charge is 2.30. The maximum atomic E-state index is 12.0. The van der Waals surface area contributed by atoms with Crippen LogP contribution >= 0.6 is 0 Å². The minimum Gasteiger partial charge on any atom is -0.357 e. The number of rotatable bonds is 4. The first-order chi connectivity index (χ1) is 10.5. The molecule has 1 aliphatic heterocycles. The zero-order valence-corrected chi connectivity index (χ0v) is 13.7. The summed E-state index contributed by atoms with van der Waals surface area (Å²) >= 11 is 0. The molecule has 1 fully saturated rings. The van der Waals surface area contributed by atoms with Crippen molar-refractivity contribution in [2.75, 3.05) is 31.5 Å². The summed E-state index contributed by atoms with van der Waals surface area (Å²) in [5.41, 5.74) is 1.11. The predicted octanol–water partition coefficient (Wildman–Crippen LogP) is 2.32. The van der Waals surface area contributed by atoms with E-state index in [0.717, 1.165) is 37.7 Å². The van der Waals surface area contributed by atoms with Crippen LogP contribution in [0.25, 0.3) is 0 Å². The van der Waals surface area contributed by atoms with Crippen LogP contribution in [0.3, 0.4) is 0 Å². The lowest BCUT2D eigenvalue weighted by Crippen LogP contribution is -2.41. The van der Waals surface area contributed by atoms with Crippen LogP contribution in [0.15, 0.2) is 35.3 Å². The van der Waals surface area contributed by atoms with E-state index >= 15 is 0 Å². The van der Waals surface area contributed by atoms with Crippen molar-refractivity contribution in [1.29, 1.82) is 0 Å². The van der Waals surface area contributed by atoms with Crippen molar-refractivity contribution in [3.05, 3.63) is 30.3 Å². The molecule has 22 heavy (non-hydrogen) atoms. The quantitative estimate of drug-likeness (QED) is 0.663. The summed E-state index contributed by atoms with van der Waals surface area (Å²) in [5, 5.41) is 6.13. The smallest absolute Gasteiger partial charge is 0.246 e. The highest BCUT2D eigenvalue weighted by atomic mass is 16.1. The fourth-order valence-corrected chi connectivity index (χ4v) is 2.59. The number of hydrogen-bond acceptors (Lipinski definition) is 2. The Kier molecular flexibility index (Phi) is 5.41. The van der Waals surface area contributed by atoms with Crippen LogP contribution in [0.2, 0.25) is 0 Å². The van der Waals surface area contributed by atoms with Gasteiger partial charge in [0, 0.05) is 25.3 Å². The van der Waals surface area contributed by atoms with E-state index in [4.69, 9.17) is 0 Å². The molecular formula is C17H26N4O. The fraction of sp³-hybridized carbons (Fsp3) is 0.529. The highest BCUT2D eigenvalue weighted by Crippen LogP contribution is 2.28. The highest BCUT2D eigenvalue weighted by molar-refractivity contribution is 5.94. The van der Waals surface area contributed by atoms with Crippen LogP contribution in [0.4, 0.5) is 5.69 Å².